The molecule has 0 unspecified atom stereocenters. The van der Waals surface area contributed by atoms with Crippen LogP contribution in [0, 0.1) is 10.1 Å². The summed E-state index contributed by atoms with van der Waals surface area (Å²) >= 11 is 0. The maximum atomic E-state index is 12.4. The summed E-state index contributed by atoms with van der Waals surface area (Å²) in [5.74, 6) is -0.322. The number of piperazine rings is 1. The van der Waals surface area contributed by atoms with Gasteiger partial charge in [0.1, 0.15) is 0 Å². The number of amides is 1. The molecule has 1 aliphatic heterocycles. The Morgan fingerprint density at radius 1 is 0.906 bits per heavy atom. The highest BCUT2D eigenvalue weighted by atomic mass is 16.6. The van der Waals surface area contributed by atoms with Crippen LogP contribution in [-0.2, 0) is 0 Å². The van der Waals surface area contributed by atoms with Crippen LogP contribution in [0.1, 0.15) is 27.5 Å². The monoisotopic (exact) mass is 430 g/mol. The van der Waals surface area contributed by atoms with Crippen molar-refractivity contribution in [1.82, 2.24) is 10.2 Å². The zero-order valence-electron chi connectivity index (χ0n) is 18.0. The van der Waals surface area contributed by atoms with Gasteiger partial charge in [-0.3, -0.25) is 19.8 Å². The molecule has 0 aromatic heterocycles. The van der Waals surface area contributed by atoms with E-state index in [9.17, 15) is 14.9 Å². The van der Waals surface area contributed by atoms with Gasteiger partial charge in [0, 0.05) is 45.4 Å². The highest BCUT2D eigenvalue weighted by Gasteiger charge is 2.28. The summed E-state index contributed by atoms with van der Waals surface area (Å²) in [7, 11) is 1.53. The van der Waals surface area contributed by atoms with E-state index in [0.717, 1.165) is 31.9 Å². The molecule has 3 aromatic rings. The fourth-order valence-corrected chi connectivity index (χ4v) is 4.34. The average molecular weight is 431 g/mol. The second kappa shape index (κ2) is 9.62. The number of carbonyl (C=O) groups excluding carboxylic acids is 1. The lowest BCUT2D eigenvalue weighted by Gasteiger charge is -2.41. The number of anilines is 1. The normalized spacial score (nSPS) is 14.4. The molecule has 1 aliphatic rings. The summed E-state index contributed by atoms with van der Waals surface area (Å²) in [5.41, 5.74) is 3.46. The van der Waals surface area contributed by atoms with E-state index in [4.69, 9.17) is 0 Å². The van der Waals surface area contributed by atoms with Crippen molar-refractivity contribution in [2.45, 2.75) is 6.04 Å². The molecular formula is C25H26N4O3. The van der Waals surface area contributed by atoms with Crippen LogP contribution in [0.2, 0.25) is 0 Å². The number of carbonyl (C=O) groups is 1. The van der Waals surface area contributed by atoms with E-state index < -0.39 is 4.92 Å². The van der Waals surface area contributed by atoms with Crippen LogP contribution in [0.4, 0.5) is 11.4 Å². The van der Waals surface area contributed by atoms with Crippen LogP contribution in [-0.4, -0.2) is 49.0 Å². The molecule has 1 fully saturated rings. The molecule has 1 saturated heterocycles. The van der Waals surface area contributed by atoms with Gasteiger partial charge in [-0.1, -0.05) is 60.7 Å². The van der Waals surface area contributed by atoms with Crippen molar-refractivity contribution in [2.75, 3.05) is 38.1 Å². The van der Waals surface area contributed by atoms with Crippen molar-refractivity contribution in [3.05, 3.63) is 106 Å². The Labute approximate surface area is 187 Å². The first kappa shape index (κ1) is 21.5. The summed E-state index contributed by atoms with van der Waals surface area (Å²) in [6, 6.07) is 25.6. The van der Waals surface area contributed by atoms with Crippen LogP contribution in [0.25, 0.3) is 0 Å². The number of benzene rings is 3. The van der Waals surface area contributed by atoms with Crippen molar-refractivity contribution in [2.24, 2.45) is 0 Å². The summed E-state index contributed by atoms with van der Waals surface area (Å²) in [4.78, 5) is 27.7. The van der Waals surface area contributed by atoms with Gasteiger partial charge in [-0.2, -0.15) is 0 Å². The van der Waals surface area contributed by atoms with Crippen LogP contribution in [0.5, 0.6) is 0 Å². The van der Waals surface area contributed by atoms with Crippen LogP contribution < -0.4 is 10.2 Å². The largest absolute Gasteiger partial charge is 0.368 e. The highest BCUT2D eigenvalue weighted by molar-refractivity contribution is 6.00. The maximum Gasteiger partial charge on any atom is 0.270 e. The van der Waals surface area contributed by atoms with E-state index in [-0.39, 0.29) is 17.6 Å². The Bertz CT molecular complexity index is 1040. The number of nitrogens with one attached hydrogen (secondary N) is 1. The van der Waals surface area contributed by atoms with E-state index in [1.807, 2.05) is 12.1 Å². The van der Waals surface area contributed by atoms with Crippen LogP contribution >= 0.6 is 0 Å². The fourth-order valence-electron chi connectivity index (χ4n) is 4.34. The Hall–Kier alpha value is -3.71. The van der Waals surface area contributed by atoms with Gasteiger partial charge in [-0.15, -0.1) is 0 Å². The number of hydrogen-bond acceptors (Lipinski definition) is 5. The molecule has 3 aromatic carbocycles. The molecule has 32 heavy (non-hydrogen) atoms. The first-order valence-electron chi connectivity index (χ1n) is 10.7. The predicted octanol–water partition coefficient (Wildman–Crippen LogP) is 3.87. The number of nitro benzene ring substituents is 1. The Kier molecular flexibility index (Phi) is 6.47. The number of non-ortho nitro benzene ring substituents is 1. The van der Waals surface area contributed by atoms with E-state index in [1.165, 1.54) is 30.3 Å². The second-order valence-corrected chi connectivity index (χ2v) is 7.78. The molecule has 1 N–H and O–H groups in total. The molecule has 0 atom stereocenters. The first-order valence-corrected chi connectivity index (χ1v) is 10.7. The molecule has 0 aliphatic carbocycles. The third-order valence-corrected chi connectivity index (χ3v) is 5.91. The molecule has 164 valence electrons. The minimum Gasteiger partial charge on any atom is -0.368 e. The molecule has 7 nitrogen and oxygen atoms in total. The number of nitrogens with zero attached hydrogens (tertiary/aromatic N) is 3. The number of nitro groups is 1. The van der Waals surface area contributed by atoms with Crippen LogP contribution in [0.15, 0.2) is 78.9 Å². The molecule has 1 heterocycles. The molecule has 7 heteroatoms. The number of hydrogen-bond donors (Lipinski definition) is 1. The van der Waals surface area contributed by atoms with Crippen molar-refractivity contribution >= 4 is 17.3 Å². The highest BCUT2D eigenvalue weighted by Crippen LogP contribution is 2.32. The summed E-state index contributed by atoms with van der Waals surface area (Å²) in [6.07, 6.45) is 0. The average Bonchev–Trinajstić information content (AvgIpc) is 2.85. The lowest BCUT2D eigenvalue weighted by Crippen LogP contribution is -2.48. The van der Waals surface area contributed by atoms with E-state index in [0.29, 0.717) is 5.56 Å². The van der Waals surface area contributed by atoms with E-state index in [1.54, 1.807) is 6.07 Å². The minimum absolute atomic E-state index is 0.0841. The summed E-state index contributed by atoms with van der Waals surface area (Å²) in [5, 5.41) is 13.8. The molecule has 0 bridgehead atoms. The smallest absolute Gasteiger partial charge is 0.270 e. The zero-order valence-corrected chi connectivity index (χ0v) is 18.0. The molecule has 1 amide bonds. The van der Waals surface area contributed by atoms with Gasteiger partial charge in [0.15, 0.2) is 0 Å². The van der Waals surface area contributed by atoms with Gasteiger partial charge in [0.2, 0.25) is 0 Å². The van der Waals surface area contributed by atoms with Crippen molar-refractivity contribution in [3.63, 3.8) is 0 Å². The lowest BCUT2D eigenvalue weighted by molar-refractivity contribution is -0.384. The van der Waals surface area contributed by atoms with E-state index in [2.05, 4.69) is 63.6 Å². The second-order valence-electron chi connectivity index (χ2n) is 7.78. The summed E-state index contributed by atoms with van der Waals surface area (Å²) in [6.45, 7) is 3.05. The zero-order chi connectivity index (χ0) is 22.5. The molecule has 0 spiro atoms. The maximum absolute atomic E-state index is 12.4. The standard InChI is InChI=1S/C25H26N4O3/c1-26-25(30)22-18-21(29(31)32)12-13-23(22)27-14-16-28(17-15-27)24(19-8-4-2-5-9-19)20-10-6-3-7-11-20/h2-13,18,24H,14-17H2,1H3,(H,26,30). The molecule has 0 radical (unpaired) electrons. The van der Waals surface area contributed by atoms with Gasteiger partial charge in [-0.25, -0.2) is 0 Å². The van der Waals surface area contributed by atoms with Gasteiger partial charge in [0.25, 0.3) is 11.6 Å². The van der Waals surface area contributed by atoms with Gasteiger partial charge in [0.05, 0.1) is 22.2 Å². The van der Waals surface area contributed by atoms with Gasteiger partial charge < -0.3 is 10.2 Å². The third-order valence-electron chi connectivity index (χ3n) is 5.91. The van der Waals surface area contributed by atoms with Gasteiger partial charge in [-0.05, 0) is 17.2 Å². The SMILES string of the molecule is CNC(=O)c1cc([N+](=O)[O-])ccc1N1CCN(C(c2ccccc2)c2ccccc2)CC1. The van der Waals surface area contributed by atoms with Gasteiger partial charge >= 0.3 is 0 Å². The van der Waals surface area contributed by atoms with Crippen molar-refractivity contribution in [3.8, 4) is 0 Å². The first-order chi connectivity index (χ1) is 15.6. The summed E-state index contributed by atoms with van der Waals surface area (Å²) < 4.78 is 0. The Balaban J connectivity index is 1.58. The molecule has 0 saturated carbocycles. The van der Waals surface area contributed by atoms with Crippen molar-refractivity contribution < 1.29 is 9.72 Å². The van der Waals surface area contributed by atoms with Crippen molar-refractivity contribution in [1.29, 1.82) is 0 Å². The minimum atomic E-state index is -0.474. The fraction of sp³-hybridized carbons (Fsp3) is 0.240. The Morgan fingerprint density at radius 2 is 1.47 bits per heavy atom. The predicted molar refractivity (Wildman–Crippen MR) is 125 cm³/mol. The number of rotatable bonds is 6. The topological polar surface area (TPSA) is 78.7 Å². The molecular weight excluding hydrogens is 404 g/mol. The van der Waals surface area contributed by atoms with E-state index >= 15 is 0 Å². The quantitative estimate of drug-likeness (QED) is 0.475. The van der Waals surface area contributed by atoms with Crippen LogP contribution in [0.3, 0.4) is 0 Å². The lowest BCUT2D eigenvalue weighted by atomic mass is 9.96. The Morgan fingerprint density at radius 3 is 1.97 bits per heavy atom. The third kappa shape index (κ3) is 4.48. The molecule has 4 rings (SSSR count).